The fourth-order valence-corrected chi connectivity index (χ4v) is 3.11. The number of ether oxygens (including phenoxy) is 3. The van der Waals surface area contributed by atoms with Crippen LogP contribution in [0.1, 0.15) is 66.6 Å². The molecule has 0 atom stereocenters. The molecule has 0 saturated heterocycles. The maximum Gasteiger partial charge on any atom is 0.342 e. The molecule has 0 saturated carbocycles. The number of cyclic esters (lactones) is 1. The maximum atomic E-state index is 11.9. The van der Waals surface area contributed by atoms with Gasteiger partial charge in [0.05, 0.1) is 13.7 Å². The van der Waals surface area contributed by atoms with Gasteiger partial charge in [0.1, 0.15) is 23.7 Å². The van der Waals surface area contributed by atoms with E-state index in [0.717, 1.165) is 24.0 Å². The van der Waals surface area contributed by atoms with Gasteiger partial charge in [0.25, 0.3) is 0 Å². The van der Waals surface area contributed by atoms with Crippen molar-refractivity contribution in [3.8, 4) is 11.5 Å². The molecule has 1 aromatic carbocycles. The fourth-order valence-electron chi connectivity index (χ4n) is 3.11. The highest BCUT2D eigenvalue weighted by Crippen LogP contribution is 2.42. The van der Waals surface area contributed by atoms with Crippen LogP contribution in [0.5, 0.6) is 11.5 Å². The summed E-state index contributed by atoms with van der Waals surface area (Å²) in [4.78, 5) is 23.6. The standard InChI is InChI=1S/C21H28O6/c1-5-6-11-26-17(22)10-8-13(2)7-9-15-19(23)18-16(12-27-21(18)24)14(3)20(15)25-4/h7,23H,5-6,8-12H2,1-4H3/b13-7+. The zero-order valence-electron chi connectivity index (χ0n) is 16.5. The molecule has 148 valence electrons. The molecule has 27 heavy (non-hydrogen) atoms. The first kappa shape index (κ1) is 20.8. The molecule has 2 rings (SSSR count). The van der Waals surface area contributed by atoms with E-state index in [2.05, 4.69) is 0 Å². The number of phenols is 1. The lowest BCUT2D eigenvalue weighted by atomic mass is 9.94. The first-order valence-corrected chi connectivity index (χ1v) is 9.30. The maximum absolute atomic E-state index is 11.9. The van der Waals surface area contributed by atoms with Crippen LogP contribution in [-0.2, 0) is 27.3 Å². The molecule has 0 amide bonds. The molecule has 0 unspecified atom stereocenters. The molecule has 0 fully saturated rings. The summed E-state index contributed by atoms with van der Waals surface area (Å²) in [6, 6.07) is 0. The van der Waals surface area contributed by atoms with Gasteiger partial charge in [0.15, 0.2) is 0 Å². The van der Waals surface area contributed by atoms with E-state index in [9.17, 15) is 14.7 Å². The molecule has 1 N–H and O–H groups in total. The average Bonchev–Trinajstić information content (AvgIpc) is 3.04. The van der Waals surface area contributed by atoms with Gasteiger partial charge in [-0.1, -0.05) is 25.0 Å². The van der Waals surface area contributed by atoms with Crippen molar-refractivity contribution in [2.45, 2.75) is 59.5 Å². The van der Waals surface area contributed by atoms with Gasteiger partial charge >= 0.3 is 11.9 Å². The molecule has 0 aromatic heterocycles. The molecule has 0 bridgehead atoms. The van der Waals surface area contributed by atoms with Crippen LogP contribution in [0.2, 0.25) is 0 Å². The van der Waals surface area contributed by atoms with Crippen molar-refractivity contribution in [2.24, 2.45) is 0 Å². The predicted molar refractivity (Wildman–Crippen MR) is 101 cm³/mol. The lowest BCUT2D eigenvalue weighted by molar-refractivity contribution is -0.143. The molecule has 6 nitrogen and oxygen atoms in total. The van der Waals surface area contributed by atoms with E-state index < -0.39 is 5.97 Å². The molecule has 6 heteroatoms. The van der Waals surface area contributed by atoms with E-state index in [1.807, 2.05) is 26.8 Å². The normalized spacial score (nSPS) is 13.3. The van der Waals surface area contributed by atoms with Crippen molar-refractivity contribution >= 4 is 11.9 Å². The van der Waals surface area contributed by atoms with Gasteiger partial charge in [-0.05, 0) is 38.7 Å². The predicted octanol–water partition coefficient (Wildman–Crippen LogP) is 3.99. The molecular formula is C21H28O6. The van der Waals surface area contributed by atoms with Crippen LogP contribution in [0.25, 0.3) is 0 Å². The van der Waals surface area contributed by atoms with Gasteiger partial charge < -0.3 is 19.3 Å². The highest BCUT2D eigenvalue weighted by Gasteiger charge is 2.31. The lowest BCUT2D eigenvalue weighted by Gasteiger charge is -2.15. The van der Waals surface area contributed by atoms with Crippen LogP contribution in [0.4, 0.5) is 0 Å². The molecule has 0 radical (unpaired) electrons. The third kappa shape index (κ3) is 4.81. The number of aromatic hydroxyl groups is 1. The minimum absolute atomic E-state index is 0.0852. The van der Waals surface area contributed by atoms with E-state index >= 15 is 0 Å². The minimum Gasteiger partial charge on any atom is -0.507 e. The zero-order valence-corrected chi connectivity index (χ0v) is 16.5. The Hall–Kier alpha value is -2.50. The molecule has 1 aliphatic rings. The van der Waals surface area contributed by atoms with E-state index in [-0.39, 0.29) is 23.9 Å². The second-order valence-corrected chi connectivity index (χ2v) is 6.74. The number of hydrogen-bond acceptors (Lipinski definition) is 6. The number of esters is 2. The van der Waals surface area contributed by atoms with Crippen LogP contribution in [0.3, 0.4) is 0 Å². The van der Waals surface area contributed by atoms with E-state index in [0.29, 0.717) is 42.7 Å². The second kappa shape index (κ2) is 9.44. The highest BCUT2D eigenvalue weighted by molar-refractivity contribution is 5.98. The van der Waals surface area contributed by atoms with Crippen LogP contribution in [0, 0.1) is 6.92 Å². The van der Waals surface area contributed by atoms with Gasteiger partial charge in [-0.25, -0.2) is 4.79 Å². The summed E-state index contributed by atoms with van der Waals surface area (Å²) < 4.78 is 15.7. The van der Waals surface area contributed by atoms with Crippen molar-refractivity contribution in [3.05, 3.63) is 33.9 Å². The second-order valence-electron chi connectivity index (χ2n) is 6.74. The number of phenolic OH excluding ortho intramolecular Hbond substituents is 1. The van der Waals surface area contributed by atoms with Gasteiger partial charge in [0, 0.05) is 17.5 Å². The molecule has 1 aliphatic heterocycles. The van der Waals surface area contributed by atoms with Gasteiger partial charge in [0.2, 0.25) is 0 Å². The first-order valence-electron chi connectivity index (χ1n) is 9.30. The Kier molecular flexibility index (Phi) is 7.28. The van der Waals surface area contributed by atoms with Crippen molar-refractivity contribution in [1.29, 1.82) is 0 Å². The number of fused-ring (bicyclic) bond motifs is 1. The van der Waals surface area contributed by atoms with Crippen molar-refractivity contribution < 1.29 is 28.9 Å². The number of carbonyl (C=O) groups excluding carboxylic acids is 2. The lowest BCUT2D eigenvalue weighted by Crippen LogP contribution is -2.05. The number of allylic oxidation sites excluding steroid dienone is 2. The molecular weight excluding hydrogens is 348 g/mol. The van der Waals surface area contributed by atoms with Crippen LogP contribution in [0.15, 0.2) is 11.6 Å². The SMILES string of the molecule is CCCCOC(=O)CC/C(C)=C/Cc1c(O)c2c(c(C)c1OC)COC2=O. The average molecular weight is 376 g/mol. The van der Waals surface area contributed by atoms with Crippen molar-refractivity contribution in [1.82, 2.24) is 0 Å². The summed E-state index contributed by atoms with van der Waals surface area (Å²) in [7, 11) is 1.54. The molecule has 0 aliphatic carbocycles. The Morgan fingerprint density at radius 3 is 2.74 bits per heavy atom. The summed E-state index contributed by atoms with van der Waals surface area (Å²) in [6.45, 7) is 6.44. The molecule has 1 aromatic rings. The third-order valence-electron chi connectivity index (χ3n) is 4.79. The van der Waals surface area contributed by atoms with E-state index in [1.54, 1.807) is 0 Å². The Bertz CT molecular complexity index is 748. The molecule has 1 heterocycles. The van der Waals surface area contributed by atoms with Crippen molar-refractivity contribution in [3.63, 3.8) is 0 Å². The van der Waals surface area contributed by atoms with Crippen molar-refractivity contribution in [2.75, 3.05) is 13.7 Å². The number of unbranched alkanes of at least 4 members (excludes halogenated alkanes) is 1. The number of carbonyl (C=O) groups is 2. The number of methoxy groups -OCH3 is 1. The van der Waals surface area contributed by atoms with Gasteiger partial charge in [-0.2, -0.15) is 0 Å². The van der Waals surface area contributed by atoms with Crippen LogP contribution < -0.4 is 4.74 Å². The summed E-state index contributed by atoms with van der Waals surface area (Å²) in [5.74, 6) is -0.233. The Morgan fingerprint density at radius 1 is 1.33 bits per heavy atom. The number of rotatable bonds is 9. The monoisotopic (exact) mass is 376 g/mol. The van der Waals surface area contributed by atoms with E-state index in [4.69, 9.17) is 14.2 Å². The number of benzene rings is 1. The Balaban J connectivity index is 2.09. The Labute approximate surface area is 160 Å². The Morgan fingerprint density at radius 2 is 2.07 bits per heavy atom. The van der Waals surface area contributed by atoms with Crippen LogP contribution in [-0.4, -0.2) is 30.8 Å². The van der Waals surface area contributed by atoms with E-state index in [1.165, 1.54) is 7.11 Å². The summed E-state index contributed by atoms with van der Waals surface area (Å²) in [6.07, 6.45) is 5.10. The third-order valence-corrected chi connectivity index (χ3v) is 4.79. The quantitative estimate of drug-likeness (QED) is 0.399. The number of hydrogen-bond donors (Lipinski definition) is 1. The summed E-state index contributed by atoms with van der Waals surface area (Å²) in [5.41, 5.74) is 3.27. The smallest absolute Gasteiger partial charge is 0.342 e. The largest absolute Gasteiger partial charge is 0.507 e. The molecule has 0 spiro atoms. The topological polar surface area (TPSA) is 82.1 Å². The van der Waals surface area contributed by atoms with Gasteiger partial charge in [-0.3, -0.25) is 4.79 Å². The summed E-state index contributed by atoms with van der Waals surface area (Å²) >= 11 is 0. The first-order chi connectivity index (χ1) is 12.9. The minimum atomic E-state index is -0.509. The fraction of sp³-hybridized carbons (Fsp3) is 0.524. The van der Waals surface area contributed by atoms with Crippen LogP contribution >= 0.6 is 0 Å². The van der Waals surface area contributed by atoms with Gasteiger partial charge in [-0.15, -0.1) is 0 Å². The highest BCUT2D eigenvalue weighted by atomic mass is 16.5. The summed E-state index contributed by atoms with van der Waals surface area (Å²) in [5, 5.41) is 10.6. The zero-order chi connectivity index (χ0) is 20.0.